The minimum atomic E-state index is -0.700. The number of nitrogens with two attached hydrogens (primary N) is 1. The molecule has 0 aromatic carbocycles. The average Bonchev–Trinajstić information content (AvgIpc) is 3.08. The summed E-state index contributed by atoms with van der Waals surface area (Å²) in [4.78, 5) is 12.7. The molecule has 0 amide bonds. The third-order valence-electron chi connectivity index (χ3n) is 3.49. The number of imidazole rings is 1. The summed E-state index contributed by atoms with van der Waals surface area (Å²) in [6.45, 7) is 0.856. The van der Waals surface area contributed by atoms with Crippen molar-refractivity contribution < 1.29 is 14.9 Å². The van der Waals surface area contributed by atoms with Crippen LogP contribution in [0.3, 0.4) is 0 Å². The number of fused-ring (bicyclic) bond motifs is 1. The van der Waals surface area contributed by atoms with Crippen LogP contribution >= 0.6 is 0 Å². The van der Waals surface area contributed by atoms with Gasteiger partial charge in [-0.3, -0.25) is 4.57 Å². The van der Waals surface area contributed by atoms with Gasteiger partial charge in [-0.05, 0) is 0 Å². The van der Waals surface area contributed by atoms with Gasteiger partial charge < -0.3 is 26.0 Å². The summed E-state index contributed by atoms with van der Waals surface area (Å²) in [5.74, 6) is 0.612. The van der Waals surface area contributed by atoms with Gasteiger partial charge in [0, 0.05) is 19.5 Å². The van der Waals surface area contributed by atoms with Crippen molar-refractivity contribution in [3.63, 3.8) is 0 Å². The van der Waals surface area contributed by atoms with E-state index in [0.29, 0.717) is 36.5 Å². The molecule has 5 N–H and O–H groups in total. The van der Waals surface area contributed by atoms with Crippen molar-refractivity contribution in [1.82, 2.24) is 19.5 Å². The summed E-state index contributed by atoms with van der Waals surface area (Å²) in [6, 6.07) is 0. The monoisotopic (exact) mass is 294 g/mol. The molecule has 0 spiro atoms. The van der Waals surface area contributed by atoms with Crippen molar-refractivity contribution in [1.29, 1.82) is 0 Å². The number of nitrogens with one attached hydrogen (secondary N) is 1. The second-order valence-corrected chi connectivity index (χ2v) is 4.88. The van der Waals surface area contributed by atoms with Crippen LogP contribution in [0.2, 0.25) is 0 Å². The maximum atomic E-state index is 9.82. The lowest BCUT2D eigenvalue weighted by Crippen LogP contribution is -2.24. The van der Waals surface area contributed by atoms with Crippen molar-refractivity contribution in [2.75, 3.05) is 25.0 Å². The second-order valence-electron chi connectivity index (χ2n) is 4.88. The zero-order chi connectivity index (χ0) is 14.8. The Hall–Kier alpha value is -1.81. The lowest BCUT2D eigenvalue weighted by atomic mass is 10.2. The Morgan fingerprint density at radius 2 is 2.29 bits per heavy atom. The van der Waals surface area contributed by atoms with Crippen molar-refractivity contribution in [3.8, 4) is 0 Å². The Bertz CT molecular complexity index is 618. The van der Waals surface area contributed by atoms with Crippen LogP contribution in [-0.2, 0) is 4.74 Å². The van der Waals surface area contributed by atoms with E-state index < -0.39 is 18.4 Å². The van der Waals surface area contributed by atoms with Crippen molar-refractivity contribution in [2.24, 2.45) is 5.73 Å². The molecule has 3 rings (SSSR count). The van der Waals surface area contributed by atoms with Gasteiger partial charge in [0.25, 0.3) is 0 Å². The molecule has 0 saturated carbocycles. The van der Waals surface area contributed by atoms with Gasteiger partial charge in [-0.2, -0.15) is 0 Å². The zero-order valence-corrected chi connectivity index (χ0v) is 11.4. The number of nitrogens with zero attached hydrogens (tertiary/aromatic N) is 4. The highest BCUT2D eigenvalue weighted by atomic mass is 16.5. The lowest BCUT2D eigenvalue weighted by Gasteiger charge is -2.13. The third-order valence-corrected chi connectivity index (χ3v) is 3.49. The Morgan fingerprint density at radius 1 is 1.43 bits per heavy atom. The average molecular weight is 294 g/mol. The number of aliphatic hydroxyl groups excluding tert-OH is 2. The molecule has 0 aliphatic carbocycles. The Balaban J connectivity index is 1.90. The van der Waals surface area contributed by atoms with Crippen LogP contribution in [0.25, 0.3) is 11.2 Å². The van der Waals surface area contributed by atoms with Crippen LogP contribution in [0.4, 0.5) is 5.82 Å². The van der Waals surface area contributed by atoms with E-state index in [2.05, 4.69) is 20.3 Å². The van der Waals surface area contributed by atoms with Crippen LogP contribution < -0.4 is 11.1 Å². The van der Waals surface area contributed by atoms with Gasteiger partial charge in [-0.25, -0.2) is 15.0 Å². The molecular weight excluding hydrogens is 276 g/mol. The minimum Gasteiger partial charge on any atom is -0.394 e. The van der Waals surface area contributed by atoms with E-state index in [9.17, 15) is 5.11 Å². The summed E-state index contributed by atoms with van der Waals surface area (Å²) >= 11 is 0. The van der Waals surface area contributed by atoms with Crippen molar-refractivity contribution in [2.45, 2.75) is 24.9 Å². The molecule has 1 aliphatic rings. The number of ether oxygens (including phenoxy) is 1. The molecule has 9 heteroatoms. The normalized spacial score (nSPS) is 25.6. The number of aliphatic hydroxyl groups is 2. The van der Waals surface area contributed by atoms with E-state index >= 15 is 0 Å². The Morgan fingerprint density at radius 3 is 3.00 bits per heavy atom. The summed E-state index contributed by atoms with van der Waals surface area (Å²) in [5, 5.41) is 22.1. The number of aromatic nitrogens is 4. The van der Waals surface area contributed by atoms with Crippen LogP contribution in [0.5, 0.6) is 0 Å². The summed E-state index contributed by atoms with van der Waals surface area (Å²) in [7, 11) is 0. The summed E-state index contributed by atoms with van der Waals surface area (Å²) in [5.41, 5.74) is 6.70. The molecule has 1 fully saturated rings. The first kappa shape index (κ1) is 14.1. The molecule has 21 heavy (non-hydrogen) atoms. The third kappa shape index (κ3) is 2.56. The molecule has 2 aromatic rings. The van der Waals surface area contributed by atoms with Gasteiger partial charge in [0.05, 0.1) is 19.0 Å². The van der Waals surface area contributed by atoms with Gasteiger partial charge in [0.2, 0.25) is 0 Å². The number of rotatable bonds is 5. The summed E-state index contributed by atoms with van der Waals surface area (Å²) < 4.78 is 7.36. The molecule has 3 atom stereocenters. The fraction of sp³-hybridized carbons (Fsp3) is 0.583. The molecule has 0 unspecified atom stereocenters. The first-order valence-corrected chi connectivity index (χ1v) is 6.80. The second kappa shape index (κ2) is 5.90. The topological polar surface area (TPSA) is 131 Å². The molecule has 2 aromatic heterocycles. The number of anilines is 1. The number of hydrogen-bond acceptors (Lipinski definition) is 8. The Kier molecular flexibility index (Phi) is 3.97. The zero-order valence-electron chi connectivity index (χ0n) is 11.4. The molecule has 114 valence electrons. The van der Waals surface area contributed by atoms with E-state index in [-0.39, 0.29) is 6.61 Å². The van der Waals surface area contributed by atoms with E-state index in [1.54, 1.807) is 10.9 Å². The van der Waals surface area contributed by atoms with E-state index in [0.717, 1.165) is 0 Å². The van der Waals surface area contributed by atoms with Gasteiger partial charge in [-0.1, -0.05) is 0 Å². The minimum absolute atomic E-state index is 0.220. The summed E-state index contributed by atoms with van der Waals surface area (Å²) in [6.07, 6.45) is 1.74. The maximum Gasteiger partial charge on any atom is 0.167 e. The quantitative estimate of drug-likeness (QED) is 0.543. The van der Waals surface area contributed by atoms with E-state index in [1.165, 1.54) is 6.33 Å². The standard InChI is InChI=1S/C12H18N6O3/c13-1-2-14-11-10-12(16-5-15-11)18(6-17-10)9-3-7(20)8(4-19)21-9/h5-9,19-20H,1-4,13H2,(H,14,15,16)/t7-,8+,9+/m0/s1. The molecular formula is C12H18N6O3. The largest absolute Gasteiger partial charge is 0.394 e. The molecule has 1 saturated heterocycles. The van der Waals surface area contributed by atoms with E-state index in [1.807, 2.05) is 0 Å². The predicted molar refractivity (Wildman–Crippen MR) is 74.5 cm³/mol. The van der Waals surface area contributed by atoms with Crippen LogP contribution in [-0.4, -0.2) is 61.6 Å². The maximum absolute atomic E-state index is 9.82. The van der Waals surface area contributed by atoms with E-state index in [4.69, 9.17) is 15.6 Å². The number of hydrogen-bond donors (Lipinski definition) is 4. The molecule has 0 radical (unpaired) electrons. The highest BCUT2D eigenvalue weighted by molar-refractivity contribution is 5.82. The Labute approximate surface area is 120 Å². The smallest absolute Gasteiger partial charge is 0.167 e. The van der Waals surface area contributed by atoms with Gasteiger partial charge in [-0.15, -0.1) is 0 Å². The van der Waals surface area contributed by atoms with Crippen LogP contribution in [0.15, 0.2) is 12.7 Å². The first-order chi connectivity index (χ1) is 10.2. The fourth-order valence-electron chi connectivity index (χ4n) is 2.43. The highest BCUT2D eigenvalue weighted by Crippen LogP contribution is 2.31. The molecule has 3 heterocycles. The molecule has 0 bridgehead atoms. The molecule has 9 nitrogen and oxygen atoms in total. The predicted octanol–water partition coefficient (Wildman–Crippen LogP) is -1.16. The van der Waals surface area contributed by atoms with Crippen LogP contribution in [0, 0.1) is 0 Å². The first-order valence-electron chi connectivity index (χ1n) is 6.80. The highest BCUT2D eigenvalue weighted by Gasteiger charge is 2.35. The van der Waals surface area contributed by atoms with Gasteiger partial charge >= 0.3 is 0 Å². The lowest BCUT2D eigenvalue weighted by molar-refractivity contribution is -0.0432. The van der Waals surface area contributed by atoms with Gasteiger partial charge in [0.15, 0.2) is 17.0 Å². The fourth-order valence-corrected chi connectivity index (χ4v) is 2.43. The van der Waals surface area contributed by atoms with Crippen LogP contribution in [0.1, 0.15) is 12.6 Å². The SMILES string of the molecule is NCCNc1ncnc2c1ncn2[C@H]1C[C@H](O)[C@@H](CO)O1. The van der Waals surface area contributed by atoms with Gasteiger partial charge in [0.1, 0.15) is 18.7 Å². The molecule has 1 aliphatic heterocycles. The van der Waals surface area contributed by atoms with Crippen molar-refractivity contribution >= 4 is 17.0 Å². The van der Waals surface area contributed by atoms with Crippen molar-refractivity contribution in [3.05, 3.63) is 12.7 Å².